The largest absolute Gasteiger partial charge is 0.444 e. The lowest BCUT2D eigenvalue weighted by Crippen LogP contribution is -2.54. The number of unbranched alkanes of at least 4 members (excludes halogenated alkanes) is 1. The SMILES string of the molecule is CN[C@@H](Cc1ccccc1)C(=O)N[C@@H](CCCCNC(=O)OC(C)(C)C)C(=O)N1CCC[C@H]1C=O. The molecule has 9 heteroatoms. The lowest BCUT2D eigenvalue weighted by atomic mass is 10.0. The summed E-state index contributed by atoms with van der Waals surface area (Å²) < 4.78 is 5.23. The van der Waals surface area contributed by atoms with Gasteiger partial charge in [0.1, 0.15) is 17.9 Å². The number of amides is 3. The molecule has 3 atom stereocenters. The summed E-state index contributed by atoms with van der Waals surface area (Å²) in [6.07, 6.45) is 3.85. The topological polar surface area (TPSA) is 117 Å². The molecule has 1 heterocycles. The van der Waals surface area contributed by atoms with Crippen LogP contribution < -0.4 is 16.0 Å². The fourth-order valence-electron chi connectivity index (χ4n) is 4.09. The molecular weight excluding hydrogens is 448 g/mol. The molecule has 0 unspecified atom stereocenters. The lowest BCUT2D eigenvalue weighted by molar-refractivity contribution is -0.139. The smallest absolute Gasteiger partial charge is 0.407 e. The molecule has 9 nitrogen and oxygen atoms in total. The Kier molecular flexibility index (Phi) is 11.2. The molecule has 35 heavy (non-hydrogen) atoms. The summed E-state index contributed by atoms with van der Waals surface area (Å²) >= 11 is 0. The van der Waals surface area contributed by atoms with Crippen LogP contribution in [0.25, 0.3) is 0 Å². The number of likely N-dealkylation sites (tertiary alicyclic amines) is 1. The van der Waals surface area contributed by atoms with Crippen molar-refractivity contribution in [1.29, 1.82) is 0 Å². The minimum absolute atomic E-state index is 0.234. The number of aldehydes is 1. The molecular formula is C26H40N4O5. The average molecular weight is 489 g/mol. The Labute approximate surface area is 208 Å². The molecule has 0 aliphatic carbocycles. The second-order valence-electron chi connectivity index (χ2n) is 9.89. The van der Waals surface area contributed by atoms with E-state index in [1.54, 1.807) is 32.7 Å². The fraction of sp³-hybridized carbons (Fsp3) is 0.615. The van der Waals surface area contributed by atoms with E-state index in [0.717, 1.165) is 18.3 Å². The zero-order valence-corrected chi connectivity index (χ0v) is 21.3. The number of carbonyl (C=O) groups excluding carboxylic acids is 4. The van der Waals surface area contributed by atoms with E-state index in [0.29, 0.717) is 45.2 Å². The van der Waals surface area contributed by atoms with Gasteiger partial charge in [-0.1, -0.05) is 30.3 Å². The molecule has 1 aliphatic rings. The zero-order chi connectivity index (χ0) is 25.8. The normalized spacial score (nSPS) is 17.4. The van der Waals surface area contributed by atoms with Gasteiger partial charge in [-0.05, 0) is 71.9 Å². The summed E-state index contributed by atoms with van der Waals surface area (Å²) in [4.78, 5) is 51.2. The highest BCUT2D eigenvalue weighted by Gasteiger charge is 2.34. The Bertz CT molecular complexity index is 840. The first-order valence-electron chi connectivity index (χ1n) is 12.4. The Morgan fingerprint density at radius 1 is 1.14 bits per heavy atom. The molecule has 0 spiro atoms. The molecule has 0 saturated carbocycles. The van der Waals surface area contributed by atoms with Crippen LogP contribution >= 0.6 is 0 Å². The van der Waals surface area contributed by atoms with Gasteiger partial charge >= 0.3 is 6.09 Å². The molecule has 0 radical (unpaired) electrons. The maximum absolute atomic E-state index is 13.3. The molecule has 3 amide bonds. The van der Waals surface area contributed by atoms with Crippen LogP contribution in [-0.4, -0.2) is 73.0 Å². The third-order valence-electron chi connectivity index (χ3n) is 5.89. The lowest BCUT2D eigenvalue weighted by Gasteiger charge is -2.28. The van der Waals surface area contributed by atoms with Gasteiger partial charge in [0.25, 0.3) is 0 Å². The number of benzene rings is 1. The molecule has 1 aromatic rings. The summed E-state index contributed by atoms with van der Waals surface area (Å²) in [6.45, 7) is 6.30. The molecule has 3 N–H and O–H groups in total. The molecule has 0 bridgehead atoms. The van der Waals surface area contributed by atoms with Crippen LogP contribution in [0.2, 0.25) is 0 Å². The minimum Gasteiger partial charge on any atom is -0.444 e. The number of hydrogen-bond acceptors (Lipinski definition) is 6. The third-order valence-corrected chi connectivity index (χ3v) is 5.89. The van der Waals surface area contributed by atoms with E-state index in [1.807, 2.05) is 30.3 Å². The van der Waals surface area contributed by atoms with E-state index >= 15 is 0 Å². The number of nitrogens with one attached hydrogen (secondary N) is 3. The van der Waals surface area contributed by atoms with E-state index in [-0.39, 0.29) is 11.8 Å². The minimum atomic E-state index is -0.740. The van der Waals surface area contributed by atoms with Crippen LogP contribution in [-0.2, 0) is 25.5 Å². The number of rotatable bonds is 12. The number of hydrogen-bond donors (Lipinski definition) is 3. The zero-order valence-electron chi connectivity index (χ0n) is 21.3. The van der Waals surface area contributed by atoms with E-state index in [4.69, 9.17) is 4.74 Å². The average Bonchev–Trinajstić information content (AvgIpc) is 3.29. The summed E-state index contributed by atoms with van der Waals surface area (Å²) in [5.74, 6) is -0.494. The van der Waals surface area contributed by atoms with Crippen molar-refractivity contribution in [3.8, 4) is 0 Å². The highest BCUT2D eigenvalue weighted by atomic mass is 16.6. The number of likely N-dealkylation sites (N-methyl/N-ethyl adjacent to an activating group) is 1. The van der Waals surface area contributed by atoms with Gasteiger partial charge in [0.15, 0.2) is 0 Å². The third kappa shape index (κ3) is 9.68. The first-order chi connectivity index (χ1) is 16.6. The highest BCUT2D eigenvalue weighted by Crippen LogP contribution is 2.18. The molecule has 194 valence electrons. The first kappa shape index (κ1) is 28.3. The second kappa shape index (κ2) is 13.8. The highest BCUT2D eigenvalue weighted by molar-refractivity contribution is 5.91. The standard InChI is InChI=1S/C26H40N4O5/c1-26(2,3)35-25(34)28-15-9-8-14-21(24(33)30-16-10-13-20(30)18-31)29-23(32)22(27-4)17-19-11-6-5-7-12-19/h5-7,11-12,18,20-22,27H,8-10,13-17H2,1-4H3,(H,28,34)(H,29,32)/t20-,21-,22-/m0/s1. The summed E-state index contributed by atoms with van der Waals surface area (Å²) in [5, 5.41) is 8.67. The first-order valence-corrected chi connectivity index (χ1v) is 12.4. The van der Waals surface area contributed by atoms with Crippen molar-refractivity contribution in [3.63, 3.8) is 0 Å². The maximum Gasteiger partial charge on any atom is 0.407 e. The fourth-order valence-corrected chi connectivity index (χ4v) is 4.09. The van der Waals surface area contributed by atoms with Gasteiger partial charge in [0.05, 0.1) is 12.1 Å². The van der Waals surface area contributed by atoms with E-state index in [9.17, 15) is 19.2 Å². The van der Waals surface area contributed by atoms with Gasteiger partial charge in [-0.15, -0.1) is 0 Å². The van der Waals surface area contributed by atoms with Crippen LogP contribution in [0.5, 0.6) is 0 Å². The van der Waals surface area contributed by atoms with Gasteiger partial charge in [-0.25, -0.2) is 4.79 Å². The van der Waals surface area contributed by atoms with E-state index in [2.05, 4.69) is 16.0 Å². The van der Waals surface area contributed by atoms with Gasteiger partial charge in [-0.3, -0.25) is 9.59 Å². The van der Waals surface area contributed by atoms with Crippen molar-refractivity contribution in [1.82, 2.24) is 20.9 Å². The Morgan fingerprint density at radius 2 is 1.86 bits per heavy atom. The van der Waals surface area contributed by atoms with E-state index in [1.165, 1.54) is 0 Å². The summed E-state index contributed by atoms with van der Waals surface area (Å²) in [5.41, 5.74) is 0.444. The molecule has 0 aromatic heterocycles. The number of ether oxygens (including phenoxy) is 1. The van der Waals surface area contributed by atoms with E-state index < -0.39 is 29.8 Å². The van der Waals surface area contributed by atoms with Crippen LogP contribution in [0, 0.1) is 0 Å². The predicted molar refractivity (Wildman–Crippen MR) is 134 cm³/mol. The molecule has 2 rings (SSSR count). The van der Waals surface area contributed by atoms with Crippen molar-refractivity contribution < 1.29 is 23.9 Å². The summed E-state index contributed by atoms with van der Waals surface area (Å²) in [7, 11) is 1.72. The van der Waals surface area contributed by atoms with Crippen molar-refractivity contribution in [2.45, 2.75) is 83.0 Å². The van der Waals surface area contributed by atoms with Gasteiger partial charge in [0.2, 0.25) is 11.8 Å². The van der Waals surface area contributed by atoms with Crippen molar-refractivity contribution >= 4 is 24.2 Å². The quantitative estimate of drug-likeness (QED) is 0.307. The monoisotopic (exact) mass is 488 g/mol. The molecule has 1 fully saturated rings. The van der Waals surface area contributed by atoms with Crippen molar-refractivity contribution in [2.75, 3.05) is 20.1 Å². The van der Waals surface area contributed by atoms with Crippen LogP contribution in [0.1, 0.15) is 58.4 Å². The maximum atomic E-state index is 13.3. The Morgan fingerprint density at radius 3 is 2.49 bits per heavy atom. The van der Waals surface area contributed by atoms with Gasteiger partial charge in [0, 0.05) is 13.1 Å². The van der Waals surface area contributed by atoms with Crippen LogP contribution in [0.15, 0.2) is 30.3 Å². The van der Waals surface area contributed by atoms with Gasteiger partial charge in [-0.2, -0.15) is 0 Å². The van der Waals surface area contributed by atoms with Crippen molar-refractivity contribution in [2.24, 2.45) is 0 Å². The molecule has 1 aromatic carbocycles. The summed E-state index contributed by atoms with van der Waals surface area (Å²) in [6, 6.07) is 7.99. The number of alkyl carbamates (subject to hydrolysis) is 1. The Balaban J connectivity index is 1.97. The predicted octanol–water partition coefficient (Wildman–Crippen LogP) is 2.19. The number of nitrogens with zero attached hydrogens (tertiary/aromatic N) is 1. The van der Waals surface area contributed by atoms with Gasteiger partial charge < -0.3 is 30.4 Å². The number of carbonyl (C=O) groups is 4. The molecule has 1 aliphatic heterocycles. The Hall–Kier alpha value is -2.94. The second-order valence-corrected chi connectivity index (χ2v) is 9.89. The van der Waals surface area contributed by atoms with Crippen LogP contribution in [0.4, 0.5) is 4.79 Å². The molecule has 1 saturated heterocycles. The van der Waals surface area contributed by atoms with Crippen molar-refractivity contribution in [3.05, 3.63) is 35.9 Å². The van der Waals surface area contributed by atoms with Crippen LogP contribution in [0.3, 0.4) is 0 Å².